The molecule has 2 aromatic carbocycles. The van der Waals surface area contributed by atoms with Crippen LogP contribution in [0.1, 0.15) is 22.3 Å². The van der Waals surface area contributed by atoms with Crippen molar-refractivity contribution in [2.75, 3.05) is 73.2 Å². The van der Waals surface area contributed by atoms with E-state index in [2.05, 4.69) is 16.8 Å². The second-order valence-corrected chi connectivity index (χ2v) is 10.3. The van der Waals surface area contributed by atoms with E-state index in [0.29, 0.717) is 62.9 Å². The van der Waals surface area contributed by atoms with Crippen LogP contribution in [0.15, 0.2) is 54.7 Å². The first kappa shape index (κ1) is 35.8. The van der Waals surface area contributed by atoms with Crippen molar-refractivity contribution in [3.63, 3.8) is 0 Å². The fourth-order valence-electron chi connectivity index (χ4n) is 4.63. The number of fused-ring (bicyclic) bond motifs is 1. The van der Waals surface area contributed by atoms with Crippen molar-refractivity contribution in [3.8, 4) is 28.8 Å². The topological polar surface area (TPSA) is 88.6 Å². The number of ether oxygens (including phenoxy) is 6. The molecule has 1 aliphatic rings. The van der Waals surface area contributed by atoms with E-state index in [9.17, 15) is 22.4 Å². The smallest absolute Gasteiger partial charge is 0.416 e. The van der Waals surface area contributed by atoms with Crippen molar-refractivity contribution < 1.29 is 50.8 Å². The molecule has 0 radical (unpaired) electrons. The van der Waals surface area contributed by atoms with Crippen molar-refractivity contribution in [2.45, 2.75) is 19.3 Å². The van der Waals surface area contributed by atoms with Gasteiger partial charge in [0.15, 0.2) is 6.61 Å². The summed E-state index contributed by atoms with van der Waals surface area (Å²) in [6.07, 6.45) is -3.18. The van der Waals surface area contributed by atoms with E-state index in [-0.39, 0.29) is 49.9 Å². The molecule has 2 heterocycles. The summed E-state index contributed by atoms with van der Waals surface area (Å²) in [7, 11) is 1.60. The minimum atomic E-state index is -4.64. The Labute approximate surface area is 270 Å². The molecule has 0 saturated carbocycles. The Bertz CT molecular complexity index is 1520. The summed E-state index contributed by atoms with van der Waals surface area (Å²) in [4.78, 5) is 18.6. The van der Waals surface area contributed by atoms with Crippen LogP contribution < -0.4 is 4.74 Å². The number of amides is 1. The average molecular weight is 661 g/mol. The highest BCUT2D eigenvalue weighted by molar-refractivity contribution is 5.80. The van der Waals surface area contributed by atoms with Gasteiger partial charge in [-0.05, 0) is 41.5 Å². The summed E-state index contributed by atoms with van der Waals surface area (Å²) in [5.74, 6) is 4.68. The van der Waals surface area contributed by atoms with E-state index in [1.165, 1.54) is 23.2 Å². The van der Waals surface area contributed by atoms with E-state index < -0.39 is 23.5 Å². The number of benzene rings is 2. The van der Waals surface area contributed by atoms with Crippen molar-refractivity contribution >= 4 is 5.91 Å². The molecule has 47 heavy (non-hydrogen) atoms. The Morgan fingerprint density at radius 3 is 2.26 bits per heavy atom. The summed E-state index contributed by atoms with van der Waals surface area (Å²) in [6.45, 7) is 2.67. The van der Waals surface area contributed by atoms with Crippen LogP contribution >= 0.6 is 0 Å². The maximum Gasteiger partial charge on any atom is 0.416 e. The quantitative estimate of drug-likeness (QED) is 0.122. The van der Waals surface area contributed by atoms with E-state index in [1.54, 1.807) is 31.4 Å². The lowest BCUT2D eigenvalue weighted by Gasteiger charge is -2.22. The van der Waals surface area contributed by atoms with Gasteiger partial charge in [0, 0.05) is 36.5 Å². The lowest BCUT2D eigenvalue weighted by molar-refractivity contribution is -0.137. The third-order valence-electron chi connectivity index (χ3n) is 6.86. The largest absolute Gasteiger partial charge is 0.467 e. The van der Waals surface area contributed by atoms with Gasteiger partial charge in [0.05, 0.1) is 65.0 Å². The molecule has 1 aromatic heterocycles. The van der Waals surface area contributed by atoms with Crippen molar-refractivity contribution in [1.82, 2.24) is 9.88 Å². The zero-order chi connectivity index (χ0) is 33.5. The molecule has 0 bridgehead atoms. The van der Waals surface area contributed by atoms with Crippen LogP contribution in [0.2, 0.25) is 0 Å². The molecule has 9 nitrogen and oxygen atoms in total. The van der Waals surface area contributed by atoms with Crippen molar-refractivity contribution in [2.24, 2.45) is 0 Å². The second-order valence-electron chi connectivity index (χ2n) is 10.3. The third-order valence-corrected chi connectivity index (χ3v) is 6.86. The first-order valence-corrected chi connectivity index (χ1v) is 14.9. The fraction of sp³-hybridized carbons (Fsp3) is 0.412. The fourth-order valence-corrected chi connectivity index (χ4v) is 4.63. The zero-order valence-electron chi connectivity index (χ0n) is 25.9. The van der Waals surface area contributed by atoms with Gasteiger partial charge in [-0.15, -0.1) is 0 Å². The Kier molecular flexibility index (Phi) is 14.0. The zero-order valence-corrected chi connectivity index (χ0v) is 25.9. The lowest BCUT2D eigenvalue weighted by Crippen LogP contribution is -2.32. The van der Waals surface area contributed by atoms with Gasteiger partial charge in [0.2, 0.25) is 5.88 Å². The standard InChI is InChI=1S/C34H36F4N2O7/c1-42-11-12-44-15-16-46-18-17-45-14-13-43-10-4-5-25-19-26(21-27(20-25)34(36,37)38)22-40-23-30-28(29-6-2-3-7-31(29)35)8-9-39-33(30)47-24-32(40)41/h2-3,6-9,19-21H,10-18,22-24H2,1H3. The number of aromatic nitrogens is 1. The number of carbonyl (C=O) groups excluding carboxylic acids is 1. The molecule has 0 saturated heterocycles. The maximum absolute atomic E-state index is 14.7. The van der Waals surface area contributed by atoms with Crippen LogP contribution in [0, 0.1) is 17.7 Å². The molecule has 3 aromatic rings. The Hall–Kier alpha value is -4.06. The summed E-state index contributed by atoms with van der Waals surface area (Å²) in [5, 5.41) is 0. The van der Waals surface area contributed by atoms with Gasteiger partial charge in [-0.1, -0.05) is 30.0 Å². The number of hydrogen-bond donors (Lipinski definition) is 0. The second kappa shape index (κ2) is 18.3. The number of methoxy groups -OCH3 is 1. The van der Waals surface area contributed by atoms with E-state index in [4.69, 9.17) is 28.4 Å². The van der Waals surface area contributed by atoms with Gasteiger partial charge in [-0.25, -0.2) is 9.37 Å². The van der Waals surface area contributed by atoms with Crippen LogP contribution in [0.3, 0.4) is 0 Å². The molecule has 0 unspecified atom stereocenters. The Morgan fingerprint density at radius 2 is 1.57 bits per heavy atom. The van der Waals surface area contributed by atoms with E-state index in [1.807, 2.05) is 0 Å². The van der Waals surface area contributed by atoms with Gasteiger partial charge in [-0.3, -0.25) is 4.79 Å². The van der Waals surface area contributed by atoms with Crippen molar-refractivity contribution in [1.29, 1.82) is 0 Å². The Balaban J connectivity index is 1.34. The number of halogens is 4. The number of nitrogens with zero attached hydrogens (tertiary/aromatic N) is 2. The molecule has 1 aliphatic heterocycles. The minimum Gasteiger partial charge on any atom is -0.467 e. The molecular formula is C34H36F4N2O7. The molecule has 1 amide bonds. The SMILES string of the molecule is COCCOCCOCCOCCOCC#Cc1cc(CN2Cc3c(-c4ccccc4F)ccnc3OCC2=O)cc(C(F)(F)F)c1. The predicted molar refractivity (Wildman–Crippen MR) is 163 cm³/mol. The molecule has 0 N–H and O–H groups in total. The lowest BCUT2D eigenvalue weighted by atomic mass is 10.00. The maximum atomic E-state index is 14.7. The molecule has 0 spiro atoms. The number of rotatable bonds is 16. The monoisotopic (exact) mass is 660 g/mol. The molecule has 13 heteroatoms. The minimum absolute atomic E-state index is 0.0190. The van der Waals surface area contributed by atoms with Crippen LogP contribution in [0.5, 0.6) is 5.88 Å². The van der Waals surface area contributed by atoms with Gasteiger partial charge in [0.25, 0.3) is 5.91 Å². The number of carbonyl (C=O) groups is 1. The molecular weight excluding hydrogens is 624 g/mol. The molecule has 0 atom stereocenters. The molecule has 252 valence electrons. The summed E-state index contributed by atoms with van der Waals surface area (Å²) in [6, 6.07) is 11.2. The first-order chi connectivity index (χ1) is 22.8. The highest BCUT2D eigenvalue weighted by Crippen LogP contribution is 2.35. The normalized spacial score (nSPS) is 13.0. The third kappa shape index (κ3) is 11.3. The average Bonchev–Trinajstić information content (AvgIpc) is 3.21. The number of alkyl halides is 3. The molecule has 0 aliphatic carbocycles. The van der Waals surface area contributed by atoms with Crippen molar-refractivity contribution in [3.05, 3.63) is 82.8 Å². The Morgan fingerprint density at radius 1 is 0.894 bits per heavy atom. The van der Waals surface area contributed by atoms with Crippen LogP contribution in [-0.4, -0.2) is 89.0 Å². The van der Waals surface area contributed by atoms with Gasteiger partial charge in [-0.2, -0.15) is 13.2 Å². The summed E-state index contributed by atoms with van der Waals surface area (Å²) < 4.78 is 88.1. The van der Waals surface area contributed by atoms with Crippen LogP contribution in [0.4, 0.5) is 17.6 Å². The van der Waals surface area contributed by atoms with Gasteiger partial charge in [0.1, 0.15) is 12.4 Å². The van der Waals surface area contributed by atoms with E-state index in [0.717, 1.165) is 12.1 Å². The van der Waals surface area contributed by atoms with Gasteiger partial charge < -0.3 is 33.3 Å². The molecule has 0 fully saturated rings. The first-order valence-electron chi connectivity index (χ1n) is 14.9. The summed E-state index contributed by atoms with van der Waals surface area (Å²) in [5.41, 5.74) is 0.652. The number of pyridine rings is 1. The van der Waals surface area contributed by atoms with Gasteiger partial charge >= 0.3 is 6.18 Å². The predicted octanol–water partition coefficient (Wildman–Crippen LogP) is 4.89. The summed E-state index contributed by atoms with van der Waals surface area (Å²) >= 11 is 0. The van der Waals surface area contributed by atoms with Crippen LogP contribution in [-0.2, 0) is 47.7 Å². The number of hydrogen-bond acceptors (Lipinski definition) is 8. The van der Waals surface area contributed by atoms with E-state index >= 15 is 0 Å². The van der Waals surface area contributed by atoms with Crippen LogP contribution in [0.25, 0.3) is 11.1 Å². The highest BCUT2D eigenvalue weighted by atomic mass is 19.4. The molecule has 4 rings (SSSR count). The highest BCUT2D eigenvalue weighted by Gasteiger charge is 2.32.